The molecule has 0 N–H and O–H groups in total. The summed E-state index contributed by atoms with van der Waals surface area (Å²) < 4.78 is 43.6. The first-order valence-electron chi connectivity index (χ1n) is 10.5. The van der Waals surface area contributed by atoms with Gasteiger partial charge in [0.25, 0.3) is 5.89 Å². The van der Waals surface area contributed by atoms with E-state index in [-0.39, 0.29) is 48.3 Å². The van der Waals surface area contributed by atoms with Gasteiger partial charge in [0.15, 0.2) is 6.61 Å². The summed E-state index contributed by atoms with van der Waals surface area (Å²) in [6.45, 7) is 5.91. The number of hydrogen-bond acceptors (Lipinski definition) is 8. The first-order chi connectivity index (χ1) is 15.7. The van der Waals surface area contributed by atoms with Gasteiger partial charge in [0.1, 0.15) is 0 Å². The lowest BCUT2D eigenvalue weighted by Crippen LogP contribution is -2.48. The van der Waals surface area contributed by atoms with Crippen molar-refractivity contribution < 1.29 is 27.2 Å². The van der Waals surface area contributed by atoms with Crippen molar-refractivity contribution in [3.8, 4) is 11.4 Å². The van der Waals surface area contributed by atoms with Crippen LogP contribution < -0.4 is 0 Å². The van der Waals surface area contributed by atoms with Crippen molar-refractivity contribution in [1.82, 2.24) is 14.4 Å². The second-order valence-electron chi connectivity index (χ2n) is 8.06. The van der Waals surface area contributed by atoms with E-state index in [0.29, 0.717) is 5.82 Å². The Labute approximate surface area is 192 Å². The minimum absolute atomic E-state index is 0.0256. The van der Waals surface area contributed by atoms with E-state index < -0.39 is 16.0 Å². The van der Waals surface area contributed by atoms with E-state index in [9.17, 15) is 13.2 Å². The third-order valence-electron chi connectivity index (χ3n) is 5.20. The Hall–Kier alpha value is -3.08. The molecule has 0 radical (unpaired) electrons. The molecule has 0 spiro atoms. The fourth-order valence-electron chi connectivity index (χ4n) is 3.60. The first-order valence-corrected chi connectivity index (χ1v) is 12.0. The summed E-state index contributed by atoms with van der Waals surface area (Å²) in [6, 6.07) is 13.4. The van der Waals surface area contributed by atoms with Crippen molar-refractivity contribution in [2.45, 2.75) is 44.5 Å². The van der Waals surface area contributed by atoms with E-state index in [4.69, 9.17) is 14.0 Å². The van der Waals surface area contributed by atoms with Gasteiger partial charge >= 0.3 is 5.97 Å². The zero-order chi connectivity index (χ0) is 23.6. The number of rotatable bonds is 6. The molecule has 10 heteroatoms. The molecule has 0 aliphatic carbocycles. The predicted octanol–water partition coefficient (Wildman–Crippen LogP) is 3.20. The van der Waals surface area contributed by atoms with Crippen molar-refractivity contribution in [1.29, 1.82) is 0 Å². The maximum atomic E-state index is 13.1. The highest BCUT2D eigenvalue weighted by molar-refractivity contribution is 7.89. The number of carbonyl (C=O) groups is 1. The molecule has 33 heavy (non-hydrogen) atoms. The Morgan fingerprint density at radius 1 is 1.12 bits per heavy atom. The molecule has 1 aliphatic heterocycles. The highest BCUT2D eigenvalue weighted by Gasteiger charge is 2.32. The summed E-state index contributed by atoms with van der Waals surface area (Å²) in [5.41, 5.74) is 2.01. The SMILES string of the molecule is Cc1ccc(-c2noc(COC(=O)c3cccc(S(=O)(=O)N4CC(C)OC(C)C4)c3)n2)cc1. The molecule has 2 aromatic carbocycles. The van der Waals surface area contributed by atoms with Crippen LogP contribution in [0.1, 0.15) is 35.7 Å². The summed E-state index contributed by atoms with van der Waals surface area (Å²) in [5, 5.41) is 3.90. The van der Waals surface area contributed by atoms with E-state index in [1.807, 2.05) is 45.0 Å². The molecule has 2 unspecified atom stereocenters. The highest BCUT2D eigenvalue weighted by Crippen LogP contribution is 2.22. The van der Waals surface area contributed by atoms with Crippen LogP contribution in [0.2, 0.25) is 0 Å². The normalized spacial score (nSPS) is 19.4. The second-order valence-corrected chi connectivity index (χ2v) is 10.00. The number of hydrogen-bond donors (Lipinski definition) is 0. The van der Waals surface area contributed by atoms with E-state index in [1.165, 1.54) is 28.6 Å². The number of morpholine rings is 1. The molecule has 174 valence electrons. The lowest BCUT2D eigenvalue weighted by atomic mass is 10.1. The third kappa shape index (κ3) is 5.29. The van der Waals surface area contributed by atoms with Gasteiger partial charge in [-0.25, -0.2) is 13.2 Å². The maximum absolute atomic E-state index is 13.1. The molecular formula is C23H25N3O6S. The van der Waals surface area contributed by atoms with Crippen LogP contribution in [0, 0.1) is 6.92 Å². The van der Waals surface area contributed by atoms with Gasteiger partial charge in [0, 0.05) is 18.7 Å². The summed E-state index contributed by atoms with van der Waals surface area (Å²) in [6.07, 6.45) is -0.424. The number of nitrogens with zero attached hydrogens (tertiary/aromatic N) is 3. The van der Waals surface area contributed by atoms with Gasteiger partial charge in [-0.15, -0.1) is 0 Å². The predicted molar refractivity (Wildman–Crippen MR) is 119 cm³/mol. The molecular weight excluding hydrogens is 446 g/mol. The number of aryl methyl sites for hydroxylation is 1. The van der Waals surface area contributed by atoms with Crippen LogP contribution in [0.25, 0.3) is 11.4 Å². The molecule has 0 bridgehead atoms. The molecule has 1 aromatic heterocycles. The lowest BCUT2D eigenvalue weighted by molar-refractivity contribution is -0.0440. The van der Waals surface area contributed by atoms with E-state index in [1.54, 1.807) is 0 Å². The van der Waals surface area contributed by atoms with Crippen LogP contribution >= 0.6 is 0 Å². The topological polar surface area (TPSA) is 112 Å². The summed E-state index contributed by atoms with van der Waals surface area (Å²) in [5.74, 6) is -0.159. The third-order valence-corrected chi connectivity index (χ3v) is 7.03. The zero-order valence-corrected chi connectivity index (χ0v) is 19.4. The Bertz CT molecular complexity index is 1230. The number of ether oxygens (including phenoxy) is 2. The number of esters is 1. The largest absolute Gasteiger partial charge is 0.452 e. The van der Waals surface area contributed by atoms with Crippen molar-refractivity contribution in [2.24, 2.45) is 0 Å². The molecule has 1 fully saturated rings. The smallest absolute Gasteiger partial charge is 0.338 e. The number of carbonyl (C=O) groups excluding carboxylic acids is 1. The van der Waals surface area contributed by atoms with E-state index in [0.717, 1.165) is 11.1 Å². The van der Waals surface area contributed by atoms with Gasteiger partial charge in [-0.3, -0.25) is 0 Å². The average Bonchev–Trinajstić information content (AvgIpc) is 3.26. The van der Waals surface area contributed by atoms with Crippen LogP contribution in [0.5, 0.6) is 0 Å². The quantitative estimate of drug-likeness (QED) is 0.504. The van der Waals surface area contributed by atoms with Gasteiger partial charge < -0.3 is 14.0 Å². The monoisotopic (exact) mass is 471 g/mol. The molecule has 1 saturated heterocycles. The standard InChI is InChI=1S/C23H25N3O6S/c1-15-7-9-18(10-8-15)22-24-21(32-25-22)14-30-23(27)19-5-4-6-20(11-19)33(28,29)26-12-16(2)31-17(3)13-26/h4-11,16-17H,12-14H2,1-3H3. The van der Waals surface area contributed by atoms with Crippen molar-refractivity contribution in [3.63, 3.8) is 0 Å². The average molecular weight is 472 g/mol. The molecule has 1 aliphatic rings. The zero-order valence-electron chi connectivity index (χ0n) is 18.6. The summed E-state index contributed by atoms with van der Waals surface area (Å²) in [7, 11) is -3.78. The Morgan fingerprint density at radius 2 is 1.82 bits per heavy atom. The van der Waals surface area contributed by atoms with E-state index >= 15 is 0 Å². The van der Waals surface area contributed by atoms with Crippen LogP contribution in [0.15, 0.2) is 57.9 Å². The van der Waals surface area contributed by atoms with Gasteiger partial charge in [0.05, 0.1) is 22.7 Å². The minimum Gasteiger partial charge on any atom is -0.452 e. The minimum atomic E-state index is -3.78. The van der Waals surface area contributed by atoms with Gasteiger partial charge in [-0.2, -0.15) is 9.29 Å². The van der Waals surface area contributed by atoms with Crippen LogP contribution in [-0.4, -0.2) is 54.1 Å². The highest BCUT2D eigenvalue weighted by atomic mass is 32.2. The Balaban J connectivity index is 1.43. The molecule has 4 rings (SSSR count). The molecule has 9 nitrogen and oxygen atoms in total. The Morgan fingerprint density at radius 3 is 2.52 bits per heavy atom. The molecule has 0 amide bonds. The van der Waals surface area contributed by atoms with Crippen LogP contribution in [-0.2, 0) is 26.1 Å². The molecule has 2 heterocycles. The van der Waals surface area contributed by atoms with Crippen molar-refractivity contribution >= 4 is 16.0 Å². The number of sulfonamides is 1. The van der Waals surface area contributed by atoms with Crippen molar-refractivity contribution in [3.05, 3.63) is 65.5 Å². The fraction of sp³-hybridized carbons (Fsp3) is 0.348. The molecule has 3 aromatic rings. The molecule has 2 atom stereocenters. The first kappa shape index (κ1) is 23.1. The van der Waals surface area contributed by atoms with Gasteiger partial charge in [-0.1, -0.05) is 41.1 Å². The maximum Gasteiger partial charge on any atom is 0.338 e. The fourth-order valence-corrected chi connectivity index (χ4v) is 5.24. The van der Waals surface area contributed by atoms with Crippen LogP contribution in [0.4, 0.5) is 0 Å². The van der Waals surface area contributed by atoms with Crippen molar-refractivity contribution in [2.75, 3.05) is 13.1 Å². The Kier molecular flexibility index (Phi) is 6.59. The van der Waals surface area contributed by atoms with Gasteiger partial charge in [-0.05, 0) is 39.0 Å². The molecule has 0 saturated carbocycles. The van der Waals surface area contributed by atoms with Crippen LogP contribution in [0.3, 0.4) is 0 Å². The van der Waals surface area contributed by atoms with Gasteiger partial charge in [0.2, 0.25) is 15.8 Å². The van der Waals surface area contributed by atoms with E-state index in [2.05, 4.69) is 10.1 Å². The number of aromatic nitrogens is 2. The summed E-state index contributed by atoms with van der Waals surface area (Å²) in [4.78, 5) is 16.8. The lowest BCUT2D eigenvalue weighted by Gasteiger charge is -2.34. The second kappa shape index (κ2) is 9.42. The summed E-state index contributed by atoms with van der Waals surface area (Å²) >= 11 is 0. The number of benzene rings is 2.